The Labute approximate surface area is 156 Å². The number of carbonyl (C=O) groups excluding carboxylic acids is 1. The quantitative estimate of drug-likeness (QED) is 0.572. The minimum atomic E-state index is -0.289. The fourth-order valence-electron chi connectivity index (χ4n) is 4.92. The van der Waals surface area contributed by atoms with Crippen molar-refractivity contribution in [3.8, 4) is 11.5 Å². The van der Waals surface area contributed by atoms with Gasteiger partial charge in [0, 0.05) is 5.92 Å². The Morgan fingerprint density at radius 1 is 1.08 bits per heavy atom. The predicted octanol–water partition coefficient (Wildman–Crippen LogP) is 3.66. The van der Waals surface area contributed by atoms with Gasteiger partial charge in [-0.2, -0.15) is 0 Å². The maximum absolute atomic E-state index is 12.4. The van der Waals surface area contributed by atoms with Crippen molar-refractivity contribution < 1.29 is 23.5 Å². The molecule has 2 aliphatic rings. The Morgan fingerprint density at radius 2 is 1.85 bits per heavy atom. The number of hydrogen-bond acceptors (Lipinski definition) is 4. The summed E-state index contributed by atoms with van der Waals surface area (Å²) >= 11 is 0. The summed E-state index contributed by atoms with van der Waals surface area (Å²) in [6, 6.07) is 5.88. The third-order valence-electron chi connectivity index (χ3n) is 6.35. The van der Waals surface area contributed by atoms with Crippen molar-refractivity contribution in [3.05, 3.63) is 23.8 Å². The van der Waals surface area contributed by atoms with Crippen LogP contribution in [0.15, 0.2) is 18.2 Å². The number of hydrogen-bond donors (Lipinski definition) is 0. The number of nitrogens with zero attached hydrogens (tertiary/aromatic N) is 1. The van der Waals surface area contributed by atoms with Gasteiger partial charge in [0.05, 0.1) is 52.6 Å². The lowest BCUT2D eigenvalue weighted by atomic mass is 9.80. The first-order valence-corrected chi connectivity index (χ1v) is 9.81. The number of piperidine rings is 2. The van der Waals surface area contributed by atoms with Gasteiger partial charge in [0.2, 0.25) is 0 Å². The third kappa shape index (κ3) is 3.98. The number of fused-ring (bicyclic) bond motifs is 1. The van der Waals surface area contributed by atoms with Gasteiger partial charge in [0.15, 0.2) is 11.5 Å². The zero-order valence-electron chi connectivity index (χ0n) is 16.3. The molecule has 2 fully saturated rings. The Morgan fingerprint density at radius 3 is 2.62 bits per heavy atom. The van der Waals surface area contributed by atoms with E-state index in [0.29, 0.717) is 29.6 Å². The van der Waals surface area contributed by atoms with Gasteiger partial charge in [-0.05, 0) is 56.7 Å². The second-order valence-electron chi connectivity index (χ2n) is 7.89. The molecule has 1 aromatic carbocycles. The number of methoxy groups -OCH3 is 2. The van der Waals surface area contributed by atoms with Crippen LogP contribution < -0.4 is 9.47 Å². The number of quaternary nitrogens is 1. The molecule has 0 radical (unpaired) electrons. The average Bonchev–Trinajstić information content (AvgIpc) is 2.66. The predicted molar refractivity (Wildman–Crippen MR) is 101 cm³/mol. The van der Waals surface area contributed by atoms with Crippen molar-refractivity contribution in [2.45, 2.75) is 44.6 Å². The smallest absolute Gasteiger partial charge is 0.338 e. The molecule has 0 aromatic heterocycles. The Kier molecular flexibility index (Phi) is 6.07. The van der Waals surface area contributed by atoms with Gasteiger partial charge in [0.25, 0.3) is 0 Å². The van der Waals surface area contributed by atoms with E-state index in [9.17, 15) is 4.79 Å². The summed E-state index contributed by atoms with van der Waals surface area (Å²) in [6.07, 6.45) is 7.56. The van der Waals surface area contributed by atoms with Crippen molar-refractivity contribution in [1.82, 2.24) is 0 Å². The molecule has 1 aromatic rings. The monoisotopic (exact) mass is 362 g/mol. The lowest BCUT2D eigenvalue weighted by Gasteiger charge is -2.51. The number of esters is 1. The van der Waals surface area contributed by atoms with Crippen molar-refractivity contribution in [3.63, 3.8) is 0 Å². The zero-order valence-corrected chi connectivity index (χ0v) is 16.3. The molecule has 3 atom stereocenters. The van der Waals surface area contributed by atoms with Crippen LogP contribution in [0, 0.1) is 5.92 Å². The second kappa shape index (κ2) is 8.30. The zero-order chi connectivity index (χ0) is 18.6. The highest BCUT2D eigenvalue weighted by molar-refractivity contribution is 5.90. The maximum Gasteiger partial charge on any atom is 0.338 e. The molecule has 1 unspecified atom stereocenters. The van der Waals surface area contributed by atoms with Gasteiger partial charge in [-0.25, -0.2) is 4.79 Å². The van der Waals surface area contributed by atoms with Crippen LogP contribution in [0.3, 0.4) is 0 Å². The molecule has 5 heteroatoms. The molecular formula is C21H32NO4+. The van der Waals surface area contributed by atoms with Crippen LogP contribution in [0.5, 0.6) is 11.5 Å². The minimum absolute atomic E-state index is 0.289. The number of benzene rings is 1. The lowest BCUT2D eigenvalue weighted by Crippen LogP contribution is -2.60. The van der Waals surface area contributed by atoms with E-state index in [-0.39, 0.29) is 5.97 Å². The summed E-state index contributed by atoms with van der Waals surface area (Å²) in [4.78, 5) is 12.4. The summed E-state index contributed by atoms with van der Waals surface area (Å²) in [5, 5.41) is 0. The fraction of sp³-hybridized carbons (Fsp3) is 0.667. The van der Waals surface area contributed by atoms with Gasteiger partial charge in [-0.1, -0.05) is 0 Å². The number of ether oxygens (including phenoxy) is 3. The van der Waals surface area contributed by atoms with E-state index in [2.05, 4.69) is 7.05 Å². The minimum Gasteiger partial charge on any atom is -0.493 e. The van der Waals surface area contributed by atoms with E-state index in [0.717, 1.165) is 12.5 Å². The van der Waals surface area contributed by atoms with Crippen molar-refractivity contribution in [2.75, 3.05) is 41.0 Å². The summed E-state index contributed by atoms with van der Waals surface area (Å²) in [5.41, 5.74) is 0.504. The topological polar surface area (TPSA) is 44.8 Å². The molecule has 2 saturated heterocycles. The molecular weight excluding hydrogens is 330 g/mol. The first-order chi connectivity index (χ1) is 12.6. The van der Waals surface area contributed by atoms with E-state index in [4.69, 9.17) is 14.2 Å². The maximum atomic E-state index is 12.4. The third-order valence-corrected chi connectivity index (χ3v) is 6.35. The average molecular weight is 362 g/mol. The van der Waals surface area contributed by atoms with Crippen molar-refractivity contribution in [2.24, 2.45) is 5.92 Å². The molecule has 5 nitrogen and oxygen atoms in total. The number of rotatable bonds is 6. The van der Waals surface area contributed by atoms with E-state index in [1.54, 1.807) is 32.4 Å². The molecule has 26 heavy (non-hydrogen) atoms. The van der Waals surface area contributed by atoms with Crippen LogP contribution in [0.25, 0.3) is 0 Å². The first-order valence-electron chi connectivity index (χ1n) is 9.81. The Balaban J connectivity index is 1.55. The highest BCUT2D eigenvalue weighted by atomic mass is 16.5. The largest absolute Gasteiger partial charge is 0.493 e. The van der Waals surface area contributed by atoms with Crippen LogP contribution >= 0.6 is 0 Å². The van der Waals surface area contributed by atoms with Gasteiger partial charge in [0.1, 0.15) is 0 Å². The molecule has 0 N–H and O–H groups in total. The molecule has 0 aliphatic carbocycles. The van der Waals surface area contributed by atoms with Crippen LogP contribution in [0.4, 0.5) is 0 Å². The summed E-state index contributed by atoms with van der Waals surface area (Å²) in [6.45, 7) is 3.12. The SMILES string of the molecule is COc1ccc(C(=O)OCC[C@@H]2CCC[N+]3(C)CCCC[C@@H]23)cc1OC. The van der Waals surface area contributed by atoms with E-state index in [1.165, 1.54) is 49.7 Å². The lowest BCUT2D eigenvalue weighted by molar-refractivity contribution is -0.947. The molecule has 3 rings (SSSR count). The first kappa shape index (κ1) is 19.0. The number of carbonyl (C=O) groups is 1. The van der Waals surface area contributed by atoms with Crippen LogP contribution in [0.2, 0.25) is 0 Å². The molecule has 0 bridgehead atoms. The van der Waals surface area contributed by atoms with Crippen LogP contribution in [-0.2, 0) is 4.74 Å². The molecule has 2 heterocycles. The van der Waals surface area contributed by atoms with E-state index >= 15 is 0 Å². The molecule has 144 valence electrons. The summed E-state index contributed by atoms with van der Waals surface area (Å²) < 4.78 is 17.3. The Hall–Kier alpha value is -1.75. The molecule has 0 saturated carbocycles. The van der Waals surface area contributed by atoms with Crippen molar-refractivity contribution in [1.29, 1.82) is 0 Å². The normalized spacial score (nSPS) is 28.1. The van der Waals surface area contributed by atoms with E-state index < -0.39 is 0 Å². The molecule has 2 aliphatic heterocycles. The second-order valence-corrected chi connectivity index (χ2v) is 7.89. The van der Waals surface area contributed by atoms with Crippen LogP contribution in [0.1, 0.15) is 48.9 Å². The highest BCUT2D eigenvalue weighted by Crippen LogP contribution is 2.37. The molecule has 0 spiro atoms. The van der Waals surface area contributed by atoms with Gasteiger partial charge in [-0.15, -0.1) is 0 Å². The Bertz CT molecular complexity index is 628. The summed E-state index contributed by atoms with van der Waals surface area (Å²) in [7, 11) is 5.57. The van der Waals surface area contributed by atoms with Crippen molar-refractivity contribution >= 4 is 5.97 Å². The summed E-state index contributed by atoms with van der Waals surface area (Å²) in [5.74, 6) is 1.54. The van der Waals surface area contributed by atoms with Gasteiger partial charge >= 0.3 is 5.97 Å². The van der Waals surface area contributed by atoms with Gasteiger partial charge < -0.3 is 18.7 Å². The standard InChI is InChI=1S/C21H32NO4/c1-22-12-5-4-8-18(22)16(7-6-13-22)11-14-26-21(23)17-9-10-19(24-2)20(15-17)25-3/h9-10,15-16,18H,4-8,11-14H2,1-3H3/q+1/t16-,18-,22?/m0/s1. The molecule has 0 amide bonds. The van der Waals surface area contributed by atoms with Gasteiger partial charge in [-0.3, -0.25) is 0 Å². The fourth-order valence-corrected chi connectivity index (χ4v) is 4.92. The van der Waals surface area contributed by atoms with Crippen LogP contribution in [-0.4, -0.2) is 57.5 Å². The van der Waals surface area contributed by atoms with E-state index in [1.807, 2.05) is 0 Å². The highest BCUT2D eigenvalue weighted by Gasteiger charge is 2.43.